The third kappa shape index (κ3) is 2.03. The molecule has 1 heterocycles. The minimum atomic E-state index is -1.09. The maximum Gasteiger partial charge on any atom is 0.353 e. The SMILES string of the molecule is Cc1ccc(Br)c(O)c1-c1cc(C(=O)O)[nH]n1. The summed E-state index contributed by atoms with van der Waals surface area (Å²) in [6.07, 6.45) is 0. The van der Waals surface area contributed by atoms with E-state index in [-0.39, 0.29) is 11.4 Å². The molecule has 0 atom stereocenters. The normalized spacial score (nSPS) is 10.5. The Kier molecular flexibility index (Phi) is 2.89. The number of aromatic amines is 1. The molecule has 0 radical (unpaired) electrons. The van der Waals surface area contributed by atoms with Gasteiger partial charge in [-0.3, -0.25) is 5.10 Å². The van der Waals surface area contributed by atoms with Crippen LogP contribution in [0, 0.1) is 6.92 Å². The van der Waals surface area contributed by atoms with Crippen LogP contribution in [-0.4, -0.2) is 26.4 Å². The molecule has 0 fully saturated rings. The zero-order valence-electron chi connectivity index (χ0n) is 8.86. The predicted octanol–water partition coefficient (Wildman–Crippen LogP) is 2.55. The van der Waals surface area contributed by atoms with Crippen LogP contribution in [0.2, 0.25) is 0 Å². The topological polar surface area (TPSA) is 86.2 Å². The molecule has 0 aliphatic rings. The summed E-state index contributed by atoms with van der Waals surface area (Å²) in [6.45, 7) is 1.82. The second-order valence-corrected chi connectivity index (χ2v) is 4.41. The lowest BCUT2D eigenvalue weighted by atomic mass is 10.0. The minimum Gasteiger partial charge on any atom is -0.506 e. The Bertz CT molecular complexity index is 592. The number of carboxylic acid groups (broad SMARTS) is 1. The van der Waals surface area contributed by atoms with Crippen molar-refractivity contribution in [1.29, 1.82) is 0 Å². The lowest BCUT2D eigenvalue weighted by Crippen LogP contribution is -1.95. The highest BCUT2D eigenvalue weighted by molar-refractivity contribution is 9.10. The summed E-state index contributed by atoms with van der Waals surface area (Å²) in [5.74, 6) is -1.04. The first kappa shape index (κ1) is 11.7. The van der Waals surface area contributed by atoms with Crippen LogP contribution >= 0.6 is 15.9 Å². The fraction of sp³-hybridized carbons (Fsp3) is 0.0909. The number of aryl methyl sites for hydroxylation is 1. The van der Waals surface area contributed by atoms with Gasteiger partial charge in [0.05, 0.1) is 10.2 Å². The smallest absolute Gasteiger partial charge is 0.353 e. The largest absolute Gasteiger partial charge is 0.506 e. The highest BCUT2D eigenvalue weighted by atomic mass is 79.9. The van der Waals surface area contributed by atoms with Crippen LogP contribution in [0.3, 0.4) is 0 Å². The highest BCUT2D eigenvalue weighted by Crippen LogP contribution is 2.37. The number of rotatable bonds is 2. The van der Waals surface area contributed by atoms with Crippen molar-refractivity contribution in [3.8, 4) is 17.0 Å². The van der Waals surface area contributed by atoms with Crippen molar-refractivity contribution in [2.75, 3.05) is 0 Å². The number of carbonyl (C=O) groups is 1. The number of nitrogens with one attached hydrogen (secondary N) is 1. The minimum absolute atomic E-state index is 0.0150. The molecule has 0 spiro atoms. The summed E-state index contributed by atoms with van der Waals surface area (Å²) in [5.41, 5.74) is 1.72. The van der Waals surface area contributed by atoms with Gasteiger partial charge in [0.15, 0.2) is 0 Å². The number of benzene rings is 1. The van der Waals surface area contributed by atoms with Crippen molar-refractivity contribution in [3.05, 3.63) is 33.9 Å². The molecule has 0 aliphatic carbocycles. The van der Waals surface area contributed by atoms with E-state index in [2.05, 4.69) is 26.1 Å². The molecule has 1 aromatic heterocycles. The molecule has 17 heavy (non-hydrogen) atoms. The first-order chi connectivity index (χ1) is 8.00. The van der Waals surface area contributed by atoms with Gasteiger partial charge in [0.25, 0.3) is 0 Å². The van der Waals surface area contributed by atoms with Crippen LogP contribution in [-0.2, 0) is 0 Å². The van der Waals surface area contributed by atoms with Crippen LogP contribution in [0.1, 0.15) is 16.1 Å². The number of halogens is 1. The number of phenols is 1. The average molecular weight is 297 g/mol. The number of hydrogen-bond acceptors (Lipinski definition) is 3. The van der Waals surface area contributed by atoms with Crippen molar-refractivity contribution in [2.45, 2.75) is 6.92 Å². The van der Waals surface area contributed by atoms with Gasteiger partial charge in [-0.1, -0.05) is 6.07 Å². The van der Waals surface area contributed by atoms with Gasteiger partial charge in [0, 0.05) is 5.56 Å². The third-order valence-electron chi connectivity index (χ3n) is 2.40. The van der Waals surface area contributed by atoms with Crippen LogP contribution in [0.25, 0.3) is 11.3 Å². The summed E-state index contributed by atoms with van der Waals surface area (Å²) in [4.78, 5) is 10.7. The first-order valence-corrected chi connectivity index (χ1v) is 5.57. The number of carboxylic acids is 1. The maximum absolute atomic E-state index is 10.7. The zero-order valence-corrected chi connectivity index (χ0v) is 10.4. The van der Waals surface area contributed by atoms with Gasteiger partial charge >= 0.3 is 5.97 Å². The Morgan fingerprint density at radius 1 is 1.47 bits per heavy atom. The molecule has 0 saturated carbocycles. The number of hydrogen-bond donors (Lipinski definition) is 3. The Labute approximate surface area is 105 Å². The van der Waals surface area contributed by atoms with E-state index in [4.69, 9.17) is 5.11 Å². The average Bonchev–Trinajstić information content (AvgIpc) is 2.73. The number of aromatic carboxylic acids is 1. The monoisotopic (exact) mass is 296 g/mol. The van der Waals surface area contributed by atoms with Gasteiger partial charge in [-0.2, -0.15) is 5.10 Å². The molecule has 0 bridgehead atoms. The molecule has 2 aromatic rings. The molecule has 0 saturated heterocycles. The molecule has 0 amide bonds. The van der Waals surface area contributed by atoms with Gasteiger partial charge in [-0.15, -0.1) is 0 Å². The molecule has 0 aliphatic heterocycles. The summed E-state index contributed by atoms with van der Waals surface area (Å²) < 4.78 is 0.540. The lowest BCUT2D eigenvalue weighted by molar-refractivity contribution is 0.0690. The number of nitrogens with zero attached hydrogens (tertiary/aromatic N) is 1. The van der Waals surface area contributed by atoms with Crippen molar-refractivity contribution in [1.82, 2.24) is 10.2 Å². The highest BCUT2D eigenvalue weighted by Gasteiger charge is 2.15. The quantitative estimate of drug-likeness (QED) is 0.795. The van der Waals surface area contributed by atoms with E-state index < -0.39 is 5.97 Å². The Morgan fingerprint density at radius 3 is 2.76 bits per heavy atom. The standard InChI is InChI=1S/C11H9BrN2O3/c1-5-2-3-6(12)10(15)9(5)7-4-8(11(16)17)14-13-7/h2-4,15H,1H3,(H,13,14)(H,16,17). The molecule has 1 aromatic carbocycles. The van der Waals surface area contributed by atoms with Crippen molar-refractivity contribution >= 4 is 21.9 Å². The summed E-state index contributed by atoms with van der Waals surface area (Å²) in [6, 6.07) is 4.92. The molecule has 88 valence electrons. The summed E-state index contributed by atoms with van der Waals surface area (Å²) >= 11 is 3.21. The number of aromatic hydroxyl groups is 1. The zero-order chi connectivity index (χ0) is 12.6. The first-order valence-electron chi connectivity index (χ1n) is 4.78. The van der Waals surface area contributed by atoms with E-state index in [9.17, 15) is 9.90 Å². The number of phenolic OH excluding ortho intramolecular Hbond substituents is 1. The predicted molar refractivity (Wildman–Crippen MR) is 65.1 cm³/mol. The van der Waals surface area contributed by atoms with E-state index in [1.165, 1.54) is 6.07 Å². The van der Waals surface area contributed by atoms with E-state index in [0.717, 1.165) is 5.56 Å². The molecular formula is C11H9BrN2O3. The fourth-order valence-electron chi connectivity index (χ4n) is 1.55. The number of aromatic nitrogens is 2. The van der Waals surface area contributed by atoms with Gasteiger partial charge in [-0.05, 0) is 40.5 Å². The second kappa shape index (κ2) is 4.21. The molecule has 5 nitrogen and oxygen atoms in total. The van der Waals surface area contributed by atoms with E-state index in [1.54, 1.807) is 6.07 Å². The molecule has 2 rings (SSSR count). The fourth-order valence-corrected chi connectivity index (χ4v) is 1.88. The Hall–Kier alpha value is -1.82. The molecule has 3 N–H and O–H groups in total. The van der Waals surface area contributed by atoms with Crippen LogP contribution in [0.5, 0.6) is 5.75 Å². The van der Waals surface area contributed by atoms with Crippen LogP contribution < -0.4 is 0 Å². The van der Waals surface area contributed by atoms with Crippen molar-refractivity contribution < 1.29 is 15.0 Å². The van der Waals surface area contributed by atoms with Gasteiger partial charge in [-0.25, -0.2) is 4.79 Å². The summed E-state index contributed by atoms with van der Waals surface area (Å²) in [7, 11) is 0. The van der Waals surface area contributed by atoms with Crippen LogP contribution in [0.15, 0.2) is 22.7 Å². The van der Waals surface area contributed by atoms with E-state index in [0.29, 0.717) is 15.7 Å². The van der Waals surface area contributed by atoms with E-state index >= 15 is 0 Å². The number of H-pyrrole nitrogens is 1. The molecular weight excluding hydrogens is 288 g/mol. The Balaban J connectivity index is 2.60. The second-order valence-electron chi connectivity index (χ2n) is 3.56. The maximum atomic E-state index is 10.7. The van der Waals surface area contributed by atoms with Gasteiger partial charge in [0.2, 0.25) is 0 Å². The molecule has 6 heteroatoms. The van der Waals surface area contributed by atoms with Crippen molar-refractivity contribution in [2.24, 2.45) is 0 Å². The van der Waals surface area contributed by atoms with Crippen molar-refractivity contribution in [3.63, 3.8) is 0 Å². The van der Waals surface area contributed by atoms with Gasteiger partial charge < -0.3 is 10.2 Å². The Morgan fingerprint density at radius 2 is 2.18 bits per heavy atom. The van der Waals surface area contributed by atoms with Crippen LogP contribution in [0.4, 0.5) is 0 Å². The summed E-state index contributed by atoms with van der Waals surface area (Å²) in [5, 5.41) is 25.0. The van der Waals surface area contributed by atoms with Gasteiger partial charge in [0.1, 0.15) is 11.4 Å². The van der Waals surface area contributed by atoms with E-state index in [1.807, 2.05) is 13.0 Å². The third-order valence-corrected chi connectivity index (χ3v) is 3.04. The lowest BCUT2D eigenvalue weighted by Gasteiger charge is -2.06. The molecule has 0 unspecified atom stereocenters.